The van der Waals surface area contributed by atoms with Crippen molar-refractivity contribution in [3.05, 3.63) is 35.9 Å². The highest BCUT2D eigenvalue weighted by molar-refractivity contribution is 5.86. The molecule has 0 saturated heterocycles. The van der Waals surface area contributed by atoms with Crippen molar-refractivity contribution in [2.24, 2.45) is 112 Å². The number of hydrogen-bond donors (Lipinski definition) is 1. The van der Waals surface area contributed by atoms with Gasteiger partial charge in [0.1, 0.15) is 46.9 Å². The molecule has 0 bridgehead atoms. The molecule has 98 heavy (non-hydrogen) atoms. The minimum absolute atomic E-state index is 0.0841. The standard InChI is InChI=1S/C87H139NO10/c1-10-67(73-42-26-20-36-60(73)50-66(89)56-87(48-32-17-33-49-87)58-88-85(96)98-86(7,8)9)79(90)51-61-37-21-27-43-74(61)68(11-2)80(91)52-62-38-22-28-44-75(62)69(12-3)81(92)53-63-39-23-29-45-76(63)70(13-4)82(93)54-64-40-24-30-46-77(64)71(14-5)83(94)55-65-41-25-31-47-78(65)72(15-6)84(95)97-57-59-34-18-16-19-35-59/h16,18-19,34-35,60-65,67-78H,10-15,17,20-33,36-58H2,1-9H3,(H,88,96)/t60-,61-,62-,63-,64-,65-,67+,68+,69+,70+,71+,72+,73-,74-,75-,76-,77-,78-/m1/s1. The van der Waals surface area contributed by atoms with Crippen LogP contribution in [0.3, 0.4) is 0 Å². The van der Waals surface area contributed by atoms with Crippen LogP contribution in [0, 0.1) is 112 Å². The summed E-state index contributed by atoms with van der Waals surface area (Å²) in [5.74, 6) is 3.34. The minimum atomic E-state index is -0.592. The van der Waals surface area contributed by atoms with Gasteiger partial charge in [0.05, 0.1) is 5.92 Å². The van der Waals surface area contributed by atoms with Crippen molar-refractivity contribution in [1.29, 1.82) is 0 Å². The highest BCUT2D eigenvalue weighted by Crippen LogP contribution is 2.50. The lowest BCUT2D eigenvalue weighted by molar-refractivity contribution is -0.154. The Morgan fingerprint density at radius 1 is 0.398 bits per heavy atom. The van der Waals surface area contributed by atoms with E-state index in [0.29, 0.717) is 86.8 Å². The van der Waals surface area contributed by atoms with Crippen LogP contribution < -0.4 is 5.32 Å². The van der Waals surface area contributed by atoms with Crippen molar-refractivity contribution in [3.63, 3.8) is 0 Å². The summed E-state index contributed by atoms with van der Waals surface area (Å²) in [7, 11) is 0. The molecule has 7 aliphatic rings. The maximum atomic E-state index is 15.2. The molecule has 0 radical (unpaired) electrons. The number of carbonyl (C=O) groups is 8. The van der Waals surface area contributed by atoms with Crippen LogP contribution in [-0.2, 0) is 49.6 Å². The molecule has 0 aliphatic heterocycles. The lowest BCUT2D eigenvalue weighted by Gasteiger charge is -2.41. The average molecular weight is 1360 g/mol. The Labute approximate surface area is 595 Å². The quantitative estimate of drug-likeness (QED) is 0.0639. The van der Waals surface area contributed by atoms with Crippen molar-refractivity contribution in [3.8, 4) is 0 Å². The van der Waals surface area contributed by atoms with Gasteiger partial charge in [-0.25, -0.2) is 4.79 Å². The Balaban J connectivity index is 0.864. The summed E-state index contributed by atoms with van der Waals surface area (Å²) >= 11 is 0. The van der Waals surface area contributed by atoms with E-state index in [2.05, 4.69) is 46.9 Å². The predicted molar refractivity (Wildman–Crippen MR) is 394 cm³/mol. The second-order valence-electron chi connectivity index (χ2n) is 34.6. The topological polar surface area (TPSA) is 167 Å². The fraction of sp³-hybridized carbons (Fsp3) is 0.839. The molecule has 0 aromatic heterocycles. The van der Waals surface area contributed by atoms with E-state index < -0.39 is 11.7 Å². The Bertz CT molecular complexity index is 2670. The number of ether oxygens (including phenoxy) is 2. The SMILES string of the molecule is CC[C@H](C(=O)C[C@H]1CCCC[C@H]1[C@H](CC)C(=O)C[C@H]1CCCC[C@H]1[C@H](CC)C(=O)C[C@H]1CCCC[C@H]1[C@H](CC)C(=O)C[C@H]1CCCC[C@H]1[C@H](CC)C(=O)C[C@H]1CCCC[C@H]1[C@H](CC)C(=O)OCc1ccccc1)[C@@H]1CCCC[C@@H]1CC(=O)CC1(CNC(=O)OC(C)(C)C)CCCCC1. The van der Waals surface area contributed by atoms with E-state index in [4.69, 9.17) is 9.47 Å². The predicted octanol–water partition coefficient (Wildman–Crippen LogP) is 21.3. The summed E-state index contributed by atoms with van der Waals surface area (Å²) in [6.07, 6.45) is 37.6. The van der Waals surface area contributed by atoms with Gasteiger partial charge in [-0.3, -0.25) is 33.6 Å². The summed E-state index contributed by atoms with van der Waals surface area (Å²) in [6.45, 7) is 19.3. The summed E-state index contributed by atoms with van der Waals surface area (Å²) in [5.41, 5.74) is 0.134. The lowest BCUT2D eigenvalue weighted by atomic mass is 9.62. The third kappa shape index (κ3) is 22.3. The van der Waals surface area contributed by atoms with Crippen LogP contribution in [0.5, 0.6) is 0 Å². The number of benzene rings is 1. The first-order valence-electron chi connectivity index (χ1n) is 41.6. The Kier molecular flexibility index (Phi) is 32.2. The molecule has 1 aromatic rings. The van der Waals surface area contributed by atoms with E-state index in [9.17, 15) is 24.0 Å². The summed E-state index contributed by atoms with van der Waals surface area (Å²) in [6, 6.07) is 9.88. The van der Waals surface area contributed by atoms with Crippen molar-refractivity contribution in [2.45, 2.75) is 344 Å². The van der Waals surface area contributed by atoms with Gasteiger partial charge in [0.2, 0.25) is 0 Å². The van der Waals surface area contributed by atoms with Crippen LogP contribution in [0.25, 0.3) is 0 Å². The fourth-order valence-corrected chi connectivity index (χ4v) is 22.6. The van der Waals surface area contributed by atoms with Crippen LogP contribution in [0.2, 0.25) is 0 Å². The molecule has 18 atom stereocenters. The van der Waals surface area contributed by atoms with Crippen LogP contribution in [0.1, 0.15) is 338 Å². The Morgan fingerprint density at radius 2 is 0.694 bits per heavy atom. The molecule has 552 valence electrons. The number of ketones is 6. The molecule has 7 aliphatic carbocycles. The van der Waals surface area contributed by atoms with Gasteiger partial charge in [-0.15, -0.1) is 0 Å². The van der Waals surface area contributed by atoms with Gasteiger partial charge in [0.15, 0.2) is 0 Å². The van der Waals surface area contributed by atoms with Crippen LogP contribution >= 0.6 is 0 Å². The highest BCUT2D eigenvalue weighted by atomic mass is 16.6. The first kappa shape index (κ1) is 79.7. The number of esters is 1. The highest BCUT2D eigenvalue weighted by Gasteiger charge is 2.47. The minimum Gasteiger partial charge on any atom is -0.461 e. The second-order valence-corrected chi connectivity index (χ2v) is 34.6. The maximum absolute atomic E-state index is 15.2. The normalized spacial score (nSPS) is 29.7. The van der Waals surface area contributed by atoms with E-state index in [0.717, 1.165) is 224 Å². The molecule has 11 heteroatoms. The van der Waals surface area contributed by atoms with Crippen molar-refractivity contribution >= 4 is 46.8 Å². The van der Waals surface area contributed by atoms with E-state index in [-0.39, 0.29) is 130 Å². The van der Waals surface area contributed by atoms with Gasteiger partial charge in [-0.05, 0) is 231 Å². The van der Waals surface area contributed by atoms with E-state index >= 15 is 14.4 Å². The number of alkyl carbamates (subject to hydrolysis) is 1. The van der Waals surface area contributed by atoms with Gasteiger partial charge in [0, 0.05) is 81.1 Å². The van der Waals surface area contributed by atoms with Crippen LogP contribution in [-0.4, -0.2) is 58.9 Å². The fourth-order valence-electron chi connectivity index (χ4n) is 22.6. The number of amides is 1. The molecule has 7 fully saturated rings. The van der Waals surface area contributed by atoms with Crippen LogP contribution in [0.15, 0.2) is 30.3 Å². The summed E-state index contributed by atoms with van der Waals surface area (Å²) < 4.78 is 11.5. The van der Waals surface area contributed by atoms with Crippen LogP contribution in [0.4, 0.5) is 4.79 Å². The largest absolute Gasteiger partial charge is 0.461 e. The number of hydrogen-bond acceptors (Lipinski definition) is 10. The molecule has 1 N–H and O–H groups in total. The molecule has 1 amide bonds. The van der Waals surface area contributed by atoms with E-state index in [1.165, 1.54) is 0 Å². The Morgan fingerprint density at radius 3 is 1.00 bits per heavy atom. The van der Waals surface area contributed by atoms with Crippen molar-refractivity contribution in [1.82, 2.24) is 5.32 Å². The van der Waals surface area contributed by atoms with E-state index in [1.807, 2.05) is 51.1 Å². The summed E-state index contributed by atoms with van der Waals surface area (Å²) in [5, 5.41) is 3.04. The van der Waals surface area contributed by atoms with Gasteiger partial charge in [-0.2, -0.15) is 0 Å². The zero-order valence-electron chi connectivity index (χ0n) is 63.5. The number of carbonyl (C=O) groups excluding carboxylic acids is 8. The van der Waals surface area contributed by atoms with E-state index in [1.54, 1.807) is 0 Å². The smallest absolute Gasteiger partial charge is 0.407 e. The Hall–Kier alpha value is -4.02. The lowest BCUT2D eigenvalue weighted by Crippen LogP contribution is -2.43. The second kappa shape index (κ2) is 39.6. The van der Waals surface area contributed by atoms with Crippen molar-refractivity contribution < 1.29 is 47.8 Å². The number of Topliss-reactive ketones (excluding diaryl/α,β-unsaturated/α-hetero) is 6. The zero-order chi connectivity index (χ0) is 70.4. The molecule has 0 spiro atoms. The van der Waals surface area contributed by atoms with Gasteiger partial charge >= 0.3 is 12.1 Å². The van der Waals surface area contributed by atoms with Crippen molar-refractivity contribution in [2.75, 3.05) is 6.54 Å². The maximum Gasteiger partial charge on any atom is 0.407 e. The van der Waals surface area contributed by atoms with Gasteiger partial charge in [-0.1, -0.05) is 168 Å². The zero-order valence-corrected chi connectivity index (χ0v) is 63.5. The molecular formula is C87H139NO10. The average Bonchev–Trinajstić information content (AvgIpc) is 0.831. The molecular weight excluding hydrogens is 1220 g/mol. The van der Waals surface area contributed by atoms with Gasteiger partial charge in [0.25, 0.3) is 0 Å². The van der Waals surface area contributed by atoms with Gasteiger partial charge < -0.3 is 14.8 Å². The molecule has 11 nitrogen and oxygen atoms in total. The monoisotopic (exact) mass is 1360 g/mol. The molecule has 8 rings (SSSR count). The molecule has 0 unspecified atom stereocenters. The first-order chi connectivity index (χ1) is 47.2. The number of rotatable bonds is 36. The third-order valence-electron chi connectivity index (χ3n) is 27.4. The molecule has 1 aromatic carbocycles. The number of nitrogens with one attached hydrogen (secondary N) is 1. The molecule has 0 heterocycles. The summed E-state index contributed by atoms with van der Waals surface area (Å²) in [4.78, 5) is 116. The molecule has 7 saturated carbocycles. The first-order valence-corrected chi connectivity index (χ1v) is 41.6. The third-order valence-corrected chi connectivity index (χ3v) is 27.4.